The Balaban J connectivity index is 1.02. The second-order valence-electron chi connectivity index (χ2n) is 10.2. The number of nitrogens with one attached hydrogen (secondary N) is 2. The average Bonchev–Trinajstić information content (AvgIpc) is 2.89. The summed E-state index contributed by atoms with van der Waals surface area (Å²) in [4.78, 5) is 25.8. The molecule has 7 rings (SSSR count). The van der Waals surface area contributed by atoms with E-state index in [-0.39, 0.29) is 11.8 Å². The molecule has 0 atom stereocenters. The van der Waals surface area contributed by atoms with E-state index in [9.17, 15) is 9.59 Å². The molecule has 0 unspecified atom stereocenters. The van der Waals surface area contributed by atoms with Crippen LogP contribution in [-0.4, -0.2) is 99.6 Å². The number of anilines is 2. The molecule has 190 valence electrons. The van der Waals surface area contributed by atoms with E-state index in [4.69, 9.17) is 18.9 Å². The van der Waals surface area contributed by atoms with Gasteiger partial charge in [0.1, 0.15) is 65.7 Å². The third-order valence-corrected chi connectivity index (χ3v) is 7.76. The molecule has 5 heterocycles. The first-order chi connectivity index (χ1) is 17.5. The van der Waals surface area contributed by atoms with Crippen LogP contribution >= 0.6 is 0 Å². The van der Waals surface area contributed by atoms with Gasteiger partial charge < -0.3 is 38.5 Å². The molecule has 2 aromatic rings. The molecule has 10 nitrogen and oxygen atoms in total. The van der Waals surface area contributed by atoms with Gasteiger partial charge in [0.05, 0.1) is 0 Å². The van der Waals surface area contributed by atoms with Crippen molar-refractivity contribution in [1.82, 2.24) is 0 Å². The van der Waals surface area contributed by atoms with Gasteiger partial charge in [-0.05, 0) is 24.3 Å². The van der Waals surface area contributed by atoms with E-state index in [1.165, 1.54) is 0 Å². The molecule has 0 saturated carbocycles. The fourth-order valence-corrected chi connectivity index (χ4v) is 5.67. The molecule has 2 amide bonds. The first kappa shape index (κ1) is 22.9. The highest BCUT2D eigenvalue weighted by Crippen LogP contribution is 2.34. The minimum absolute atomic E-state index is 0.00456. The maximum Gasteiger partial charge on any atom is 0.279 e. The zero-order valence-corrected chi connectivity index (χ0v) is 20.3. The third-order valence-electron chi connectivity index (χ3n) is 7.76. The SMILES string of the molecule is O=C(C[N+]12CC[N+](CC(=O)Nc3ccc4c(c3)OCCO4)(CC1)CC2)Nc1ccc2c(c1)OCCO2. The molecule has 3 saturated heterocycles. The van der Waals surface area contributed by atoms with Gasteiger partial charge in [0, 0.05) is 23.5 Å². The molecule has 36 heavy (non-hydrogen) atoms. The van der Waals surface area contributed by atoms with Crippen molar-refractivity contribution in [3.05, 3.63) is 36.4 Å². The van der Waals surface area contributed by atoms with E-state index in [0.717, 1.165) is 59.6 Å². The van der Waals surface area contributed by atoms with Gasteiger partial charge in [-0.3, -0.25) is 9.59 Å². The molecule has 3 fully saturated rings. The van der Waals surface area contributed by atoms with Crippen LogP contribution in [0.15, 0.2) is 36.4 Å². The predicted octanol–water partition coefficient (Wildman–Crippen LogP) is 1.47. The number of fused-ring (bicyclic) bond motifs is 5. The van der Waals surface area contributed by atoms with E-state index in [1.54, 1.807) is 0 Å². The molecule has 5 aliphatic rings. The molecule has 2 aromatic carbocycles. The summed E-state index contributed by atoms with van der Waals surface area (Å²) < 4.78 is 23.9. The first-order valence-electron chi connectivity index (χ1n) is 12.6. The van der Waals surface area contributed by atoms with Gasteiger partial charge in [0.25, 0.3) is 11.8 Å². The Bertz CT molecular complexity index is 1070. The summed E-state index contributed by atoms with van der Waals surface area (Å²) in [5, 5.41) is 6.06. The summed E-state index contributed by atoms with van der Waals surface area (Å²) in [6, 6.07) is 11.0. The fraction of sp³-hybridized carbons (Fsp3) is 0.462. The van der Waals surface area contributed by atoms with Gasteiger partial charge in [0.15, 0.2) is 36.1 Å². The van der Waals surface area contributed by atoms with E-state index >= 15 is 0 Å². The van der Waals surface area contributed by atoms with E-state index in [1.807, 2.05) is 36.4 Å². The summed E-state index contributed by atoms with van der Waals surface area (Å²) in [5.74, 6) is 2.76. The normalized spacial score (nSPS) is 25.7. The summed E-state index contributed by atoms with van der Waals surface area (Å²) in [5.41, 5.74) is 1.44. The summed E-state index contributed by atoms with van der Waals surface area (Å²) in [6.45, 7) is 8.36. The predicted molar refractivity (Wildman–Crippen MR) is 132 cm³/mol. The molecular weight excluding hydrogens is 464 g/mol. The van der Waals surface area contributed by atoms with E-state index in [2.05, 4.69) is 10.6 Å². The number of quaternary nitrogens is 2. The van der Waals surface area contributed by atoms with Gasteiger partial charge in [-0.1, -0.05) is 0 Å². The van der Waals surface area contributed by atoms with Crippen LogP contribution in [-0.2, 0) is 9.59 Å². The van der Waals surface area contributed by atoms with E-state index in [0.29, 0.717) is 62.5 Å². The Morgan fingerprint density at radius 1 is 0.583 bits per heavy atom. The molecule has 10 heteroatoms. The lowest BCUT2D eigenvalue weighted by Crippen LogP contribution is -2.76. The van der Waals surface area contributed by atoms with Crippen LogP contribution in [0.5, 0.6) is 23.0 Å². The highest BCUT2D eigenvalue weighted by Gasteiger charge is 2.50. The van der Waals surface area contributed by atoms with Crippen LogP contribution in [0.1, 0.15) is 0 Å². The zero-order valence-electron chi connectivity index (χ0n) is 20.3. The number of hydrogen-bond donors (Lipinski definition) is 2. The van der Waals surface area contributed by atoms with Gasteiger partial charge in [0.2, 0.25) is 0 Å². The number of ether oxygens (including phenoxy) is 4. The molecule has 0 radical (unpaired) electrons. The van der Waals surface area contributed by atoms with Crippen LogP contribution in [0, 0.1) is 0 Å². The Labute approximate surface area is 209 Å². The van der Waals surface area contributed by atoms with Crippen molar-refractivity contribution in [2.45, 2.75) is 0 Å². The van der Waals surface area contributed by atoms with Gasteiger partial charge in [-0.15, -0.1) is 0 Å². The zero-order chi connectivity index (χ0) is 24.6. The van der Waals surface area contributed by atoms with Crippen LogP contribution in [0.2, 0.25) is 0 Å². The standard InChI is InChI=1S/C26H30N4O6/c31-25(27-19-1-3-21-23(15-19)35-13-11-33-21)17-29-5-8-30(9-6-29,10-7-29)18-26(32)28-20-2-4-22-24(16-20)36-14-12-34-22/h1-4,15-16H,5-14,17-18H2/p+2. The lowest BCUT2D eigenvalue weighted by atomic mass is 10.1. The van der Waals surface area contributed by atoms with Crippen molar-refractivity contribution in [1.29, 1.82) is 0 Å². The van der Waals surface area contributed by atoms with Gasteiger partial charge in [-0.2, -0.15) is 0 Å². The van der Waals surface area contributed by atoms with Crippen LogP contribution in [0.25, 0.3) is 0 Å². The molecule has 0 aliphatic carbocycles. The summed E-state index contributed by atoms with van der Waals surface area (Å²) in [7, 11) is 0. The van der Waals surface area contributed by atoms with Crippen molar-refractivity contribution in [3.8, 4) is 23.0 Å². The highest BCUT2D eigenvalue weighted by atomic mass is 16.6. The van der Waals surface area contributed by atoms with Crippen LogP contribution in [0.3, 0.4) is 0 Å². The minimum Gasteiger partial charge on any atom is -0.486 e. The number of nitrogens with zero attached hydrogens (tertiary/aromatic N) is 2. The first-order valence-corrected chi connectivity index (χ1v) is 12.6. The number of hydrogen-bond acceptors (Lipinski definition) is 6. The number of piperazine rings is 3. The van der Waals surface area contributed by atoms with Crippen LogP contribution in [0.4, 0.5) is 11.4 Å². The minimum atomic E-state index is 0.00456. The topological polar surface area (TPSA) is 95.1 Å². The molecule has 5 aliphatic heterocycles. The number of benzene rings is 2. The summed E-state index contributed by atoms with van der Waals surface area (Å²) >= 11 is 0. The molecule has 2 bridgehead atoms. The number of rotatable bonds is 6. The highest BCUT2D eigenvalue weighted by molar-refractivity contribution is 5.92. The molecular formula is C26H32N4O6+2. The lowest BCUT2D eigenvalue weighted by Gasteiger charge is -2.54. The van der Waals surface area contributed by atoms with Crippen molar-refractivity contribution in [3.63, 3.8) is 0 Å². The van der Waals surface area contributed by atoms with Crippen molar-refractivity contribution < 1.29 is 37.5 Å². The number of carbonyl (C=O) groups is 2. The Morgan fingerprint density at radius 3 is 1.33 bits per heavy atom. The number of carbonyl (C=O) groups excluding carboxylic acids is 2. The maximum absolute atomic E-state index is 12.9. The number of amides is 2. The third kappa shape index (κ3) is 4.66. The molecule has 0 aromatic heterocycles. The Morgan fingerprint density at radius 2 is 0.944 bits per heavy atom. The lowest BCUT2D eigenvalue weighted by molar-refractivity contribution is -1.07. The molecule has 0 spiro atoms. The quantitative estimate of drug-likeness (QED) is 0.589. The largest absolute Gasteiger partial charge is 0.486 e. The van der Waals surface area contributed by atoms with Crippen molar-refractivity contribution in [2.75, 3.05) is 89.4 Å². The van der Waals surface area contributed by atoms with E-state index < -0.39 is 0 Å². The smallest absolute Gasteiger partial charge is 0.279 e. The van der Waals surface area contributed by atoms with Gasteiger partial charge >= 0.3 is 0 Å². The fourth-order valence-electron chi connectivity index (χ4n) is 5.67. The monoisotopic (exact) mass is 496 g/mol. The Kier molecular flexibility index (Phi) is 5.85. The van der Waals surface area contributed by atoms with Gasteiger partial charge in [-0.25, -0.2) is 0 Å². The second kappa shape index (κ2) is 9.18. The maximum atomic E-state index is 12.9. The average molecular weight is 497 g/mol. The van der Waals surface area contributed by atoms with Crippen molar-refractivity contribution in [2.24, 2.45) is 0 Å². The molecule has 2 N–H and O–H groups in total. The van der Waals surface area contributed by atoms with Crippen molar-refractivity contribution >= 4 is 23.2 Å². The Hall–Kier alpha value is -3.50. The summed E-state index contributed by atoms with van der Waals surface area (Å²) in [6.07, 6.45) is 0. The van der Waals surface area contributed by atoms with Crippen LogP contribution < -0.4 is 29.6 Å². The second-order valence-corrected chi connectivity index (χ2v) is 10.2.